The van der Waals surface area contributed by atoms with Gasteiger partial charge in [-0.3, -0.25) is 0 Å². The van der Waals surface area contributed by atoms with E-state index in [0.717, 1.165) is 12.0 Å². The molecule has 0 heterocycles. The van der Waals surface area contributed by atoms with Crippen LogP contribution in [-0.4, -0.2) is 12.1 Å². The van der Waals surface area contributed by atoms with Crippen molar-refractivity contribution in [2.75, 3.05) is 0 Å². The van der Waals surface area contributed by atoms with Crippen molar-refractivity contribution < 1.29 is 0 Å². The Morgan fingerprint density at radius 3 is 2.39 bits per heavy atom. The van der Waals surface area contributed by atoms with E-state index in [0.29, 0.717) is 6.04 Å². The Morgan fingerprint density at radius 1 is 1.22 bits per heavy atom. The fraction of sp³-hybridized carbons (Fsp3) is 0.647. The first kappa shape index (κ1) is 13.6. The van der Waals surface area contributed by atoms with Gasteiger partial charge >= 0.3 is 0 Å². The van der Waals surface area contributed by atoms with Gasteiger partial charge < -0.3 is 5.32 Å². The van der Waals surface area contributed by atoms with E-state index >= 15 is 0 Å². The summed E-state index contributed by atoms with van der Waals surface area (Å²) < 4.78 is 0. The van der Waals surface area contributed by atoms with Crippen LogP contribution in [0.25, 0.3) is 0 Å². The van der Waals surface area contributed by atoms with Crippen LogP contribution in [0, 0.1) is 5.92 Å². The lowest BCUT2D eigenvalue weighted by Crippen LogP contribution is -2.46. The highest BCUT2D eigenvalue weighted by Crippen LogP contribution is 2.30. The van der Waals surface area contributed by atoms with Crippen molar-refractivity contribution in [3.8, 4) is 0 Å². The quantitative estimate of drug-likeness (QED) is 0.822. The third-order valence-electron chi connectivity index (χ3n) is 4.27. The average Bonchev–Trinajstić information content (AvgIpc) is 2.27. The highest BCUT2D eigenvalue weighted by Gasteiger charge is 2.29. The Labute approximate surface area is 112 Å². The van der Waals surface area contributed by atoms with Crippen molar-refractivity contribution in [2.24, 2.45) is 5.92 Å². The molecule has 1 unspecified atom stereocenters. The lowest BCUT2D eigenvalue weighted by atomic mass is 9.77. The topological polar surface area (TPSA) is 12.0 Å². The Kier molecular flexibility index (Phi) is 4.11. The van der Waals surface area contributed by atoms with E-state index in [2.05, 4.69) is 63.3 Å². The summed E-state index contributed by atoms with van der Waals surface area (Å²) in [4.78, 5) is 0. The third-order valence-corrected chi connectivity index (χ3v) is 4.27. The second-order valence-corrected chi connectivity index (χ2v) is 6.80. The molecule has 1 aliphatic carbocycles. The van der Waals surface area contributed by atoms with E-state index in [1.54, 1.807) is 0 Å². The molecule has 1 aliphatic rings. The van der Waals surface area contributed by atoms with E-state index in [9.17, 15) is 0 Å². The maximum Gasteiger partial charge on any atom is 0.00746 e. The Morgan fingerprint density at radius 2 is 1.83 bits per heavy atom. The molecule has 0 bridgehead atoms. The van der Waals surface area contributed by atoms with Crippen LogP contribution < -0.4 is 5.32 Å². The summed E-state index contributed by atoms with van der Waals surface area (Å²) in [6.07, 6.45) is 3.91. The van der Waals surface area contributed by atoms with Crippen LogP contribution in [0.5, 0.6) is 0 Å². The Hall–Kier alpha value is -0.820. The molecule has 1 heteroatoms. The van der Waals surface area contributed by atoms with Crippen molar-refractivity contribution in [1.29, 1.82) is 0 Å². The van der Waals surface area contributed by atoms with E-state index < -0.39 is 0 Å². The molecule has 1 saturated carbocycles. The SMILES string of the molecule is CC1CC(NC(C)CC(C)(C)c2ccccc2)C1. The number of nitrogens with one attached hydrogen (secondary N) is 1. The summed E-state index contributed by atoms with van der Waals surface area (Å²) in [6, 6.07) is 12.2. The number of hydrogen-bond donors (Lipinski definition) is 1. The summed E-state index contributed by atoms with van der Waals surface area (Å²) in [5.41, 5.74) is 1.70. The van der Waals surface area contributed by atoms with Gasteiger partial charge in [0.15, 0.2) is 0 Å². The molecule has 0 amide bonds. The molecule has 2 rings (SSSR count). The number of rotatable bonds is 5. The fourth-order valence-corrected chi connectivity index (χ4v) is 3.27. The normalized spacial score (nSPS) is 25.6. The molecule has 0 aliphatic heterocycles. The highest BCUT2D eigenvalue weighted by molar-refractivity contribution is 5.23. The van der Waals surface area contributed by atoms with Gasteiger partial charge in [0.05, 0.1) is 0 Å². The predicted molar refractivity (Wildman–Crippen MR) is 78.9 cm³/mol. The van der Waals surface area contributed by atoms with Crippen LogP contribution in [0.1, 0.15) is 52.5 Å². The van der Waals surface area contributed by atoms with Gasteiger partial charge in [0.25, 0.3) is 0 Å². The second-order valence-electron chi connectivity index (χ2n) is 6.80. The van der Waals surface area contributed by atoms with Crippen molar-refractivity contribution in [1.82, 2.24) is 5.32 Å². The molecular weight excluding hydrogens is 218 g/mol. The van der Waals surface area contributed by atoms with Crippen LogP contribution in [0.4, 0.5) is 0 Å². The first-order valence-corrected chi connectivity index (χ1v) is 7.29. The molecule has 1 nitrogen and oxygen atoms in total. The zero-order chi connectivity index (χ0) is 13.2. The van der Waals surface area contributed by atoms with Gasteiger partial charge in [-0.1, -0.05) is 51.1 Å². The maximum atomic E-state index is 3.77. The summed E-state index contributed by atoms with van der Waals surface area (Å²) in [7, 11) is 0. The molecule has 0 radical (unpaired) electrons. The molecule has 1 atom stereocenters. The second kappa shape index (κ2) is 5.44. The molecule has 18 heavy (non-hydrogen) atoms. The summed E-state index contributed by atoms with van der Waals surface area (Å²) in [5.74, 6) is 0.928. The largest absolute Gasteiger partial charge is 0.311 e. The molecule has 100 valence electrons. The van der Waals surface area contributed by atoms with Gasteiger partial charge in [0.2, 0.25) is 0 Å². The smallest absolute Gasteiger partial charge is 0.00746 e. The summed E-state index contributed by atoms with van der Waals surface area (Å²) >= 11 is 0. The van der Waals surface area contributed by atoms with E-state index in [-0.39, 0.29) is 5.41 Å². The number of benzene rings is 1. The van der Waals surface area contributed by atoms with Gasteiger partial charge in [-0.2, -0.15) is 0 Å². The minimum Gasteiger partial charge on any atom is -0.311 e. The molecule has 1 aromatic rings. The molecule has 0 saturated heterocycles. The summed E-state index contributed by atoms with van der Waals surface area (Å²) in [5, 5.41) is 3.77. The van der Waals surface area contributed by atoms with Gasteiger partial charge in [-0.05, 0) is 43.1 Å². The molecular formula is C17H27N. The maximum absolute atomic E-state index is 3.77. The van der Waals surface area contributed by atoms with Crippen LogP contribution in [0.15, 0.2) is 30.3 Å². The summed E-state index contributed by atoms with van der Waals surface area (Å²) in [6.45, 7) is 9.37. The fourth-order valence-electron chi connectivity index (χ4n) is 3.27. The standard InChI is InChI=1S/C17H27N/c1-13-10-16(11-13)18-14(2)12-17(3,4)15-8-6-5-7-9-15/h5-9,13-14,16,18H,10-12H2,1-4H3. The van der Waals surface area contributed by atoms with Gasteiger partial charge in [0, 0.05) is 12.1 Å². The number of hydrogen-bond acceptors (Lipinski definition) is 1. The molecule has 1 aromatic carbocycles. The Bertz CT molecular complexity index is 362. The molecule has 1 N–H and O–H groups in total. The van der Waals surface area contributed by atoms with Gasteiger partial charge in [0.1, 0.15) is 0 Å². The first-order chi connectivity index (χ1) is 8.47. The highest BCUT2D eigenvalue weighted by atomic mass is 15.0. The van der Waals surface area contributed by atoms with Crippen molar-refractivity contribution in [3.63, 3.8) is 0 Å². The average molecular weight is 245 g/mol. The van der Waals surface area contributed by atoms with Crippen LogP contribution >= 0.6 is 0 Å². The lowest BCUT2D eigenvalue weighted by Gasteiger charge is -2.38. The minimum atomic E-state index is 0.253. The third kappa shape index (κ3) is 3.35. The molecule has 1 fully saturated rings. The van der Waals surface area contributed by atoms with Crippen molar-refractivity contribution in [3.05, 3.63) is 35.9 Å². The van der Waals surface area contributed by atoms with Gasteiger partial charge in [-0.15, -0.1) is 0 Å². The van der Waals surface area contributed by atoms with Gasteiger partial charge in [-0.25, -0.2) is 0 Å². The zero-order valence-electron chi connectivity index (χ0n) is 12.2. The predicted octanol–water partition coefficient (Wildman–Crippen LogP) is 4.13. The monoisotopic (exact) mass is 245 g/mol. The van der Waals surface area contributed by atoms with E-state index in [1.165, 1.54) is 24.8 Å². The lowest BCUT2D eigenvalue weighted by molar-refractivity contribution is 0.213. The van der Waals surface area contributed by atoms with E-state index in [4.69, 9.17) is 0 Å². The van der Waals surface area contributed by atoms with Crippen LogP contribution in [0.2, 0.25) is 0 Å². The van der Waals surface area contributed by atoms with Crippen LogP contribution in [-0.2, 0) is 5.41 Å². The zero-order valence-corrected chi connectivity index (χ0v) is 12.2. The minimum absolute atomic E-state index is 0.253. The van der Waals surface area contributed by atoms with Crippen molar-refractivity contribution in [2.45, 2.75) is 64.5 Å². The Balaban J connectivity index is 1.87. The first-order valence-electron chi connectivity index (χ1n) is 7.29. The van der Waals surface area contributed by atoms with Crippen LogP contribution in [0.3, 0.4) is 0 Å². The molecule has 0 aromatic heterocycles. The van der Waals surface area contributed by atoms with Crippen molar-refractivity contribution >= 4 is 0 Å². The molecule has 0 spiro atoms. The van der Waals surface area contributed by atoms with E-state index in [1.807, 2.05) is 0 Å².